The monoisotopic (exact) mass is 317 g/mol. The molecule has 0 unspecified atom stereocenters. The fraction of sp³-hybridized carbons (Fsp3) is 0.471. The molecule has 124 valence electrons. The molecule has 1 aliphatic rings. The maximum absolute atomic E-state index is 12.1. The van der Waals surface area contributed by atoms with Crippen molar-refractivity contribution in [1.82, 2.24) is 10.6 Å². The number of rotatable bonds is 5. The quantitative estimate of drug-likeness (QED) is 0.850. The van der Waals surface area contributed by atoms with Gasteiger partial charge in [-0.15, -0.1) is 0 Å². The van der Waals surface area contributed by atoms with E-state index in [2.05, 4.69) is 10.6 Å². The molecule has 1 saturated heterocycles. The molecule has 0 bridgehead atoms. The van der Waals surface area contributed by atoms with Crippen LogP contribution in [-0.4, -0.2) is 36.9 Å². The Balaban J connectivity index is 1.90. The van der Waals surface area contributed by atoms with Gasteiger partial charge in [-0.05, 0) is 32.9 Å². The Labute approximate surface area is 136 Å². The van der Waals surface area contributed by atoms with Crippen LogP contribution in [0.25, 0.3) is 0 Å². The zero-order valence-electron chi connectivity index (χ0n) is 13.8. The Kier molecular flexibility index (Phi) is 5.36. The third-order valence-electron chi connectivity index (χ3n) is 3.71. The zero-order chi connectivity index (χ0) is 17.0. The smallest absolute Gasteiger partial charge is 0.239 e. The van der Waals surface area contributed by atoms with Crippen LogP contribution in [0.1, 0.15) is 25.8 Å². The molecule has 0 radical (unpaired) electrons. The van der Waals surface area contributed by atoms with Gasteiger partial charge in [0.25, 0.3) is 0 Å². The van der Waals surface area contributed by atoms with E-state index >= 15 is 0 Å². The van der Waals surface area contributed by atoms with Crippen LogP contribution in [0.15, 0.2) is 24.3 Å². The fourth-order valence-corrected chi connectivity index (χ4v) is 2.54. The first-order valence-corrected chi connectivity index (χ1v) is 7.81. The molecule has 1 fully saturated rings. The number of nitrogens with zero attached hydrogens (tertiary/aromatic N) is 1. The summed E-state index contributed by atoms with van der Waals surface area (Å²) in [6.07, 6.45) is 0.172. The van der Waals surface area contributed by atoms with E-state index in [1.807, 2.05) is 45.0 Å². The Morgan fingerprint density at radius 1 is 1.26 bits per heavy atom. The van der Waals surface area contributed by atoms with E-state index in [0.29, 0.717) is 6.54 Å². The average molecular weight is 317 g/mol. The second kappa shape index (κ2) is 7.26. The molecule has 23 heavy (non-hydrogen) atoms. The molecule has 1 aromatic rings. The molecular formula is C17H23N3O3. The van der Waals surface area contributed by atoms with Crippen molar-refractivity contribution in [2.75, 3.05) is 18.0 Å². The molecular weight excluding hydrogens is 294 g/mol. The minimum atomic E-state index is -0.421. The minimum absolute atomic E-state index is 0.0319. The summed E-state index contributed by atoms with van der Waals surface area (Å²) in [5.41, 5.74) is 1.92. The topological polar surface area (TPSA) is 78.5 Å². The van der Waals surface area contributed by atoms with Crippen LogP contribution in [0.2, 0.25) is 0 Å². The standard InChI is InChI=1S/C17H23N3O3/c1-11(2)19-15(21)9-18-17(23)13-8-16(22)20(10-13)14-6-4-12(3)5-7-14/h4-7,11,13H,8-10H2,1-3H3,(H,18,23)(H,19,21)/t13-/m1/s1. The summed E-state index contributed by atoms with van der Waals surface area (Å²) in [7, 11) is 0. The van der Waals surface area contributed by atoms with Crippen molar-refractivity contribution in [2.45, 2.75) is 33.2 Å². The second-order valence-electron chi connectivity index (χ2n) is 6.18. The van der Waals surface area contributed by atoms with Gasteiger partial charge in [0.05, 0.1) is 12.5 Å². The van der Waals surface area contributed by atoms with Gasteiger partial charge in [-0.2, -0.15) is 0 Å². The number of hydrogen-bond donors (Lipinski definition) is 2. The molecule has 1 aliphatic heterocycles. The van der Waals surface area contributed by atoms with E-state index in [-0.39, 0.29) is 36.7 Å². The number of nitrogens with one attached hydrogen (secondary N) is 2. The molecule has 0 aliphatic carbocycles. The number of hydrogen-bond acceptors (Lipinski definition) is 3. The van der Waals surface area contributed by atoms with Gasteiger partial charge in [-0.1, -0.05) is 17.7 Å². The fourth-order valence-electron chi connectivity index (χ4n) is 2.54. The highest BCUT2D eigenvalue weighted by atomic mass is 16.2. The Bertz CT molecular complexity index is 596. The van der Waals surface area contributed by atoms with Gasteiger partial charge in [0.1, 0.15) is 0 Å². The number of carbonyl (C=O) groups is 3. The maximum atomic E-state index is 12.1. The van der Waals surface area contributed by atoms with Gasteiger partial charge in [-0.25, -0.2) is 0 Å². The highest BCUT2D eigenvalue weighted by Gasteiger charge is 2.35. The van der Waals surface area contributed by atoms with E-state index in [4.69, 9.17) is 0 Å². The molecule has 6 heteroatoms. The number of carbonyl (C=O) groups excluding carboxylic acids is 3. The van der Waals surface area contributed by atoms with E-state index in [9.17, 15) is 14.4 Å². The van der Waals surface area contributed by atoms with Crippen LogP contribution in [0.4, 0.5) is 5.69 Å². The second-order valence-corrected chi connectivity index (χ2v) is 6.18. The third kappa shape index (κ3) is 4.55. The summed E-state index contributed by atoms with van der Waals surface area (Å²) >= 11 is 0. The Morgan fingerprint density at radius 2 is 1.91 bits per heavy atom. The van der Waals surface area contributed by atoms with Crippen LogP contribution in [0.5, 0.6) is 0 Å². The lowest BCUT2D eigenvalue weighted by atomic mass is 10.1. The first-order chi connectivity index (χ1) is 10.9. The highest BCUT2D eigenvalue weighted by molar-refractivity contribution is 6.00. The third-order valence-corrected chi connectivity index (χ3v) is 3.71. The van der Waals surface area contributed by atoms with Crippen molar-refractivity contribution >= 4 is 23.4 Å². The lowest BCUT2D eigenvalue weighted by Crippen LogP contribution is -2.42. The molecule has 1 atom stereocenters. The van der Waals surface area contributed by atoms with Crippen molar-refractivity contribution < 1.29 is 14.4 Å². The largest absolute Gasteiger partial charge is 0.352 e. The normalized spacial score (nSPS) is 17.5. The molecule has 0 aromatic heterocycles. The van der Waals surface area contributed by atoms with Crippen molar-refractivity contribution in [2.24, 2.45) is 5.92 Å². The number of amides is 3. The molecule has 1 heterocycles. The van der Waals surface area contributed by atoms with Gasteiger partial charge in [0.2, 0.25) is 17.7 Å². The van der Waals surface area contributed by atoms with E-state index in [1.165, 1.54) is 0 Å². The predicted molar refractivity (Wildman–Crippen MR) is 87.9 cm³/mol. The molecule has 0 saturated carbocycles. The summed E-state index contributed by atoms with van der Waals surface area (Å²) in [4.78, 5) is 37.4. The van der Waals surface area contributed by atoms with Crippen LogP contribution in [0.3, 0.4) is 0 Å². The summed E-state index contributed by atoms with van der Waals surface area (Å²) in [5.74, 6) is -0.976. The molecule has 2 N–H and O–H groups in total. The lowest BCUT2D eigenvalue weighted by Gasteiger charge is -2.17. The van der Waals surface area contributed by atoms with Crippen LogP contribution in [0, 0.1) is 12.8 Å². The van der Waals surface area contributed by atoms with Crippen molar-refractivity contribution in [3.8, 4) is 0 Å². The zero-order valence-corrected chi connectivity index (χ0v) is 13.8. The van der Waals surface area contributed by atoms with Crippen molar-refractivity contribution in [3.63, 3.8) is 0 Å². The lowest BCUT2D eigenvalue weighted by molar-refractivity contribution is -0.129. The molecule has 0 spiro atoms. The number of anilines is 1. The molecule has 2 rings (SSSR count). The first-order valence-electron chi connectivity index (χ1n) is 7.81. The van der Waals surface area contributed by atoms with E-state index < -0.39 is 5.92 Å². The van der Waals surface area contributed by atoms with Crippen molar-refractivity contribution in [1.29, 1.82) is 0 Å². The highest BCUT2D eigenvalue weighted by Crippen LogP contribution is 2.25. The van der Waals surface area contributed by atoms with Gasteiger partial charge in [0.15, 0.2) is 0 Å². The molecule has 3 amide bonds. The summed E-state index contributed by atoms with van der Waals surface area (Å²) in [6, 6.07) is 7.66. The minimum Gasteiger partial charge on any atom is -0.352 e. The van der Waals surface area contributed by atoms with E-state index in [1.54, 1.807) is 4.90 Å². The number of benzene rings is 1. The maximum Gasteiger partial charge on any atom is 0.239 e. The summed E-state index contributed by atoms with van der Waals surface area (Å²) in [6.45, 7) is 5.98. The predicted octanol–water partition coefficient (Wildman–Crippen LogP) is 0.989. The van der Waals surface area contributed by atoms with Crippen LogP contribution >= 0.6 is 0 Å². The Hall–Kier alpha value is -2.37. The summed E-state index contributed by atoms with van der Waals surface area (Å²) < 4.78 is 0. The van der Waals surface area contributed by atoms with Crippen LogP contribution in [-0.2, 0) is 14.4 Å². The van der Waals surface area contributed by atoms with Gasteiger partial charge >= 0.3 is 0 Å². The van der Waals surface area contributed by atoms with Gasteiger partial charge in [-0.3, -0.25) is 14.4 Å². The SMILES string of the molecule is Cc1ccc(N2C[C@H](C(=O)NCC(=O)NC(C)C)CC2=O)cc1. The van der Waals surface area contributed by atoms with Crippen LogP contribution < -0.4 is 15.5 Å². The Morgan fingerprint density at radius 3 is 2.52 bits per heavy atom. The van der Waals surface area contributed by atoms with Crippen molar-refractivity contribution in [3.05, 3.63) is 29.8 Å². The number of aryl methyl sites for hydroxylation is 1. The molecule has 6 nitrogen and oxygen atoms in total. The van der Waals surface area contributed by atoms with Gasteiger partial charge < -0.3 is 15.5 Å². The van der Waals surface area contributed by atoms with Gasteiger partial charge in [0, 0.05) is 24.7 Å². The average Bonchev–Trinajstić information content (AvgIpc) is 2.87. The van der Waals surface area contributed by atoms with E-state index in [0.717, 1.165) is 11.3 Å². The first kappa shape index (κ1) is 17.0. The molecule has 1 aromatic carbocycles. The summed E-state index contributed by atoms with van der Waals surface area (Å²) in [5, 5.41) is 5.31.